The second-order valence-electron chi connectivity index (χ2n) is 10.5. The highest BCUT2D eigenvalue weighted by atomic mass is 32.1. The lowest BCUT2D eigenvalue weighted by Crippen LogP contribution is -2.64. The van der Waals surface area contributed by atoms with Crippen molar-refractivity contribution >= 4 is 29.0 Å². The van der Waals surface area contributed by atoms with Crippen LogP contribution in [-0.2, 0) is 19.1 Å². The first-order valence-electron chi connectivity index (χ1n) is 11.5. The number of ketones is 1. The number of aliphatic hydroxyl groups is 1. The minimum Gasteiger partial charge on any atom is -0.487 e. The van der Waals surface area contributed by atoms with Gasteiger partial charge in [-0.2, -0.15) is 0 Å². The molecule has 4 rings (SSSR count). The second kappa shape index (κ2) is 7.73. The Morgan fingerprint density at radius 2 is 2.03 bits per heavy atom. The quantitative estimate of drug-likeness (QED) is 0.500. The maximum Gasteiger partial charge on any atom is 0.306 e. The molecule has 0 amide bonds. The molecule has 0 bridgehead atoms. The van der Waals surface area contributed by atoms with E-state index >= 15 is 4.39 Å². The van der Waals surface area contributed by atoms with E-state index in [1.165, 1.54) is 19.3 Å². The summed E-state index contributed by atoms with van der Waals surface area (Å²) in [4.78, 5) is 24.5. The summed E-state index contributed by atoms with van der Waals surface area (Å²) in [6.45, 7) is 7.67. The molecule has 0 aromatic carbocycles. The van der Waals surface area contributed by atoms with Gasteiger partial charge >= 0.3 is 5.97 Å². The molecule has 32 heavy (non-hydrogen) atoms. The lowest BCUT2D eigenvalue weighted by Gasteiger charge is -2.60. The highest BCUT2D eigenvalue weighted by molar-refractivity contribution is 7.80. The largest absolute Gasteiger partial charge is 0.487 e. The minimum atomic E-state index is -1.26. The van der Waals surface area contributed by atoms with Crippen LogP contribution in [0.15, 0.2) is 23.8 Å². The molecule has 0 radical (unpaired) electrons. The Morgan fingerprint density at radius 3 is 2.66 bits per heavy atom. The van der Waals surface area contributed by atoms with E-state index in [-0.39, 0.29) is 53.3 Å². The molecule has 7 heteroatoms. The number of esters is 1. The standard InChI is InChI=1S/C25H33FO5S/c1-6-20(29)31-25(22(32)30-5)13(2)9-16-15-11-18(26)17-10-14(27)7-8-23(17,3)21(15)19(28)12-24(16,25)4/h7-8,10,13,15-16,18-19,21,28H,6,9,11-12H2,1-5H3/t13-,15+,16+,18+,19+,21-,23+,24+,25+/m1/s1. The van der Waals surface area contributed by atoms with Crippen LogP contribution in [0.25, 0.3) is 0 Å². The number of carbonyl (C=O) groups excluding carboxylic acids is 2. The molecule has 0 spiro atoms. The van der Waals surface area contributed by atoms with Gasteiger partial charge in [-0.15, -0.1) is 0 Å². The number of aliphatic hydroxyl groups excluding tert-OH is 1. The van der Waals surface area contributed by atoms with Crippen molar-refractivity contribution in [2.45, 2.75) is 71.3 Å². The highest BCUT2D eigenvalue weighted by Gasteiger charge is 2.73. The predicted molar refractivity (Wildman–Crippen MR) is 122 cm³/mol. The predicted octanol–water partition coefficient (Wildman–Crippen LogP) is 4.12. The first kappa shape index (κ1) is 23.6. The van der Waals surface area contributed by atoms with Crippen molar-refractivity contribution < 1.29 is 28.6 Å². The van der Waals surface area contributed by atoms with Gasteiger partial charge in [-0.1, -0.05) is 33.8 Å². The fourth-order valence-electron chi connectivity index (χ4n) is 7.75. The van der Waals surface area contributed by atoms with Crippen molar-refractivity contribution in [1.82, 2.24) is 0 Å². The highest BCUT2D eigenvalue weighted by Crippen LogP contribution is 2.69. The number of thiocarbonyl (C=S) groups is 1. The molecule has 4 aliphatic carbocycles. The maximum absolute atomic E-state index is 15.5. The van der Waals surface area contributed by atoms with Gasteiger partial charge in [0.2, 0.25) is 5.05 Å². The maximum atomic E-state index is 15.5. The summed E-state index contributed by atoms with van der Waals surface area (Å²) in [5.74, 6) is -1.12. The van der Waals surface area contributed by atoms with Crippen LogP contribution in [0, 0.1) is 34.5 Å². The first-order chi connectivity index (χ1) is 15.0. The molecular formula is C25H33FO5S. The van der Waals surface area contributed by atoms with Crippen molar-refractivity contribution in [2.75, 3.05) is 7.11 Å². The van der Waals surface area contributed by atoms with Crippen molar-refractivity contribution in [3.8, 4) is 0 Å². The summed E-state index contributed by atoms with van der Waals surface area (Å²) in [5, 5.41) is 11.8. The first-order valence-corrected chi connectivity index (χ1v) is 11.9. The fraction of sp³-hybridized carbons (Fsp3) is 0.720. The third kappa shape index (κ3) is 2.92. The summed E-state index contributed by atoms with van der Waals surface area (Å²) < 4.78 is 27.1. The van der Waals surface area contributed by atoms with E-state index in [4.69, 9.17) is 21.7 Å². The van der Waals surface area contributed by atoms with Gasteiger partial charge in [0.25, 0.3) is 0 Å². The summed E-state index contributed by atoms with van der Waals surface area (Å²) in [6, 6.07) is 0. The third-order valence-corrected chi connectivity index (χ3v) is 9.54. The summed E-state index contributed by atoms with van der Waals surface area (Å²) in [5.41, 5.74) is -2.12. The number of hydrogen-bond donors (Lipinski definition) is 1. The molecule has 9 atom stereocenters. The van der Waals surface area contributed by atoms with Crippen molar-refractivity contribution in [3.63, 3.8) is 0 Å². The van der Waals surface area contributed by atoms with Gasteiger partial charge in [-0.25, -0.2) is 4.39 Å². The lowest BCUT2D eigenvalue weighted by atomic mass is 9.46. The van der Waals surface area contributed by atoms with Crippen LogP contribution in [0.1, 0.15) is 53.4 Å². The van der Waals surface area contributed by atoms with Gasteiger partial charge in [0.05, 0.1) is 13.2 Å². The molecule has 3 saturated carbocycles. The van der Waals surface area contributed by atoms with Crippen LogP contribution >= 0.6 is 12.2 Å². The van der Waals surface area contributed by atoms with Gasteiger partial charge < -0.3 is 14.6 Å². The van der Waals surface area contributed by atoms with Crippen molar-refractivity contribution in [2.24, 2.45) is 34.5 Å². The van der Waals surface area contributed by atoms with Crippen LogP contribution in [0.3, 0.4) is 0 Å². The van der Waals surface area contributed by atoms with E-state index in [9.17, 15) is 14.7 Å². The third-order valence-electron chi connectivity index (χ3n) is 9.07. The van der Waals surface area contributed by atoms with Gasteiger partial charge in [0.1, 0.15) is 6.17 Å². The number of alkyl halides is 1. The topological polar surface area (TPSA) is 72.8 Å². The minimum absolute atomic E-state index is 0.0219. The molecule has 5 nitrogen and oxygen atoms in total. The molecule has 1 N–H and O–H groups in total. The number of carbonyl (C=O) groups is 2. The van der Waals surface area contributed by atoms with E-state index in [0.29, 0.717) is 18.4 Å². The summed E-state index contributed by atoms with van der Waals surface area (Å²) >= 11 is 5.63. The molecule has 3 fully saturated rings. The number of fused-ring (bicyclic) bond motifs is 5. The van der Waals surface area contributed by atoms with E-state index in [1.54, 1.807) is 13.0 Å². The average Bonchev–Trinajstić information content (AvgIpc) is 2.95. The van der Waals surface area contributed by atoms with Crippen molar-refractivity contribution in [1.29, 1.82) is 0 Å². The molecule has 0 unspecified atom stereocenters. The van der Waals surface area contributed by atoms with Crippen molar-refractivity contribution in [3.05, 3.63) is 23.8 Å². The van der Waals surface area contributed by atoms with Gasteiger partial charge in [0, 0.05) is 29.1 Å². The molecular weight excluding hydrogens is 431 g/mol. The molecule has 176 valence electrons. The Kier molecular flexibility index (Phi) is 5.69. The number of hydrogen-bond acceptors (Lipinski definition) is 6. The number of ether oxygens (including phenoxy) is 2. The Hall–Kier alpha value is -1.60. The lowest BCUT2D eigenvalue weighted by molar-refractivity contribution is -0.187. The van der Waals surface area contributed by atoms with E-state index in [0.717, 1.165) is 0 Å². The molecule has 4 aliphatic rings. The number of rotatable bonds is 3. The van der Waals surface area contributed by atoms with E-state index < -0.39 is 28.7 Å². The smallest absolute Gasteiger partial charge is 0.306 e. The normalized spacial score (nSPS) is 47.1. The Bertz CT molecular complexity index is 914. The second-order valence-corrected chi connectivity index (χ2v) is 10.9. The average molecular weight is 465 g/mol. The fourth-order valence-corrected chi connectivity index (χ4v) is 8.23. The summed E-state index contributed by atoms with van der Waals surface area (Å²) in [6.07, 6.45) is 4.12. The zero-order valence-electron chi connectivity index (χ0n) is 19.4. The van der Waals surface area contributed by atoms with Crippen LogP contribution in [0.5, 0.6) is 0 Å². The van der Waals surface area contributed by atoms with Gasteiger partial charge in [-0.3, -0.25) is 9.59 Å². The summed E-state index contributed by atoms with van der Waals surface area (Å²) in [7, 11) is 1.48. The van der Waals surface area contributed by atoms with Crippen LogP contribution in [-0.4, -0.2) is 46.9 Å². The zero-order chi connectivity index (χ0) is 23.6. The van der Waals surface area contributed by atoms with Gasteiger partial charge in [0.15, 0.2) is 11.4 Å². The van der Waals surface area contributed by atoms with Crippen LogP contribution in [0.2, 0.25) is 0 Å². The zero-order valence-corrected chi connectivity index (χ0v) is 20.2. The SMILES string of the molecule is CCC(=O)O[C@]1(C(=S)OC)[C@H](C)C[C@H]2[C@@H]3C[C@H](F)C4=CC(=O)C=C[C@]4(C)[C@H]3[C@@H](O)C[C@@]21C. The van der Waals surface area contributed by atoms with Crippen LogP contribution < -0.4 is 0 Å². The number of halogens is 1. The molecule has 0 saturated heterocycles. The monoisotopic (exact) mass is 464 g/mol. The van der Waals surface area contributed by atoms with Gasteiger partial charge in [-0.05, 0) is 61.0 Å². The number of methoxy groups -OCH3 is 1. The Labute approximate surface area is 194 Å². The molecule has 0 heterocycles. The van der Waals surface area contributed by atoms with E-state index in [1.807, 2.05) is 20.8 Å². The van der Waals surface area contributed by atoms with Crippen LogP contribution in [0.4, 0.5) is 4.39 Å². The molecule has 0 aliphatic heterocycles. The molecule has 0 aromatic heterocycles. The number of allylic oxidation sites excluding steroid dienone is 4. The Balaban J connectivity index is 1.83. The Morgan fingerprint density at radius 1 is 1.34 bits per heavy atom. The van der Waals surface area contributed by atoms with E-state index in [2.05, 4.69) is 0 Å². The molecule has 0 aromatic rings.